The first-order valence-electron chi connectivity index (χ1n) is 18.6. The molecule has 6 N–H and O–H groups in total. The third-order valence-electron chi connectivity index (χ3n) is 9.07. The summed E-state index contributed by atoms with van der Waals surface area (Å²) >= 11 is 0. The number of rotatable bonds is 25. The normalized spacial score (nSPS) is 14.9. The van der Waals surface area contributed by atoms with Crippen molar-refractivity contribution in [3.05, 3.63) is 48.0 Å². The Bertz CT molecular complexity index is 1370. The number of alkyl carbamates (subject to hydrolysis) is 1. The molecule has 6 atom stereocenters. The second-order valence-electron chi connectivity index (χ2n) is 13.7. The SMILES string of the molecule is CCCC[C@H](NC(=O)[C@H](Cc1cccc2ccccc12)NC(=O)OCCOCCOC)C(=O)N[C@@H](CC(C)C)[C@@H](O)CC(=O)N[C@H](CO)[C@@H](C)CC. The van der Waals surface area contributed by atoms with Crippen molar-refractivity contribution in [3.8, 4) is 0 Å². The van der Waals surface area contributed by atoms with Gasteiger partial charge < -0.3 is 45.7 Å². The van der Waals surface area contributed by atoms with Crippen LogP contribution in [0.5, 0.6) is 0 Å². The summed E-state index contributed by atoms with van der Waals surface area (Å²) in [5.41, 5.74) is 0.825. The molecule has 0 saturated heterocycles. The molecule has 13 heteroatoms. The predicted octanol–water partition coefficient (Wildman–Crippen LogP) is 3.62. The highest BCUT2D eigenvalue weighted by Gasteiger charge is 2.31. The molecule has 0 aliphatic heterocycles. The summed E-state index contributed by atoms with van der Waals surface area (Å²) in [6.07, 6.45) is 0.692. The number of carbonyl (C=O) groups excluding carboxylic acids is 4. The van der Waals surface area contributed by atoms with Gasteiger partial charge in [0.2, 0.25) is 17.7 Å². The fraction of sp³-hybridized carbons (Fsp3) is 0.641. The molecule has 0 saturated carbocycles. The lowest BCUT2D eigenvalue weighted by atomic mass is 9.95. The highest BCUT2D eigenvalue weighted by atomic mass is 16.6. The van der Waals surface area contributed by atoms with E-state index in [9.17, 15) is 29.4 Å². The second kappa shape index (κ2) is 24.5. The maximum absolute atomic E-state index is 14.0. The minimum Gasteiger partial charge on any atom is -0.447 e. The number of aliphatic hydroxyl groups is 2. The molecule has 4 amide bonds. The number of ether oxygens (including phenoxy) is 3. The first kappa shape index (κ1) is 44.4. The smallest absolute Gasteiger partial charge is 0.407 e. The molecular weight excluding hydrogens is 668 g/mol. The van der Waals surface area contributed by atoms with Crippen LogP contribution in [0.25, 0.3) is 10.8 Å². The van der Waals surface area contributed by atoms with E-state index in [1.54, 1.807) is 7.11 Å². The summed E-state index contributed by atoms with van der Waals surface area (Å²) in [6, 6.07) is 10.2. The summed E-state index contributed by atoms with van der Waals surface area (Å²) in [6.45, 7) is 10.4. The Kier molecular flexibility index (Phi) is 20.9. The second-order valence-corrected chi connectivity index (χ2v) is 13.7. The average Bonchev–Trinajstić information content (AvgIpc) is 3.12. The fourth-order valence-electron chi connectivity index (χ4n) is 5.82. The van der Waals surface area contributed by atoms with Crippen molar-refractivity contribution in [2.75, 3.05) is 40.1 Å². The molecular formula is C39H62N4O9. The van der Waals surface area contributed by atoms with Crippen LogP contribution in [0.3, 0.4) is 0 Å². The number of fused-ring (bicyclic) bond motifs is 1. The Morgan fingerprint density at radius 1 is 0.808 bits per heavy atom. The van der Waals surface area contributed by atoms with Crippen LogP contribution >= 0.6 is 0 Å². The lowest BCUT2D eigenvalue weighted by Crippen LogP contribution is -2.57. The Hall–Kier alpha value is -3.78. The first-order valence-corrected chi connectivity index (χ1v) is 18.6. The lowest BCUT2D eigenvalue weighted by molar-refractivity contribution is -0.131. The molecule has 0 aliphatic carbocycles. The number of aliphatic hydroxyl groups excluding tert-OH is 2. The van der Waals surface area contributed by atoms with E-state index in [1.807, 2.05) is 77.1 Å². The quantitative estimate of drug-likeness (QED) is 0.0831. The minimum absolute atomic E-state index is 0.0322. The van der Waals surface area contributed by atoms with E-state index >= 15 is 0 Å². The van der Waals surface area contributed by atoms with Gasteiger partial charge in [0.05, 0.1) is 51.0 Å². The molecule has 2 aromatic carbocycles. The summed E-state index contributed by atoms with van der Waals surface area (Å²) in [5, 5.41) is 34.1. The van der Waals surface area contributed by atoms with Crippen molar-refractivity contribution < 1.29 is 43.6 Å². The molecule has 0 radical (unpaired) electrons. The van der Waals surface area contributed by atoms with Crippen LogP contribution in [-0.4, -0.2) is 104 Å². The van der Waals surface area contributed by atoms with Gasteiger partial charge in [-0.15, -0.1) is 0 Å². The molecule has 0 heterocycles. The zero-order chi connectivity index (χ0) is 38.5. The number of amides is 4. The highest BCUT2D eigenvalue weighted by molar-refractivity contribution is 5.92. The van der Waals surface area contributed by atoms with Crippen molar-refractivity contribution in [3.63, 3.8) is 0 Å². The third-order valence-corrected chi connectivity index (χ3v) is 9.07. The summed E-state index contributed by atoms with van der Waals surface area (Å²) in [4.78, 5) is 53.6. The standard InChI is InChI=1S/C39H62N4O9/c1-7-9-17-31(37(47)42-32(22-26(3)4)35(45)24-36(46)40-34(25-44)27(5)8-2)41-38(48)33(43-39(49)52-21-20-51-19-18-50-6)23-29-15-12-14-28-13-10-11-16-30(28)29/h10-16,26-27,31-35,44-45H,7-9,17-25H2,1-6H3,(H,40,46)(H,41,48)(H,42,47)(H,43,49)/t27-,31-,32-,33-,34+,35-/m0/s1. The number of nitrogens with one attached hydrogen (secondary N) is 4. The third kappa shape index (κ3) is 15.9. The van der Waals surface area contributed by atoms with Gasteiger partial charge in [0.1, 0.15) is 18.7 Å². The van der Waals surface area contributed by atoms with E-state index in [2.05, 4.69) is 21.3 Å². The maximum Gasteiger partial charge on any atom is 0.407 e. The van der Waals surface area contributed by atoms with Crippen molar-refractivity contribution in [2.24, 2.45) is 11.8 Å². The molecule has 0 unspecified atom stereocenters. The number of hydrogen-bond donors (Lipinski definition) is 6. The van der Waals surface area contributed by atoms with Gasteiger partial charge in [-0.1, -0.05) is 96.3 Å². The fourth-order valence-corrected chi connectivity index (χ4v) is 5.82. The van der Waals surface area contributed by atoms with Gasteiger partial charge in [-0.25, -0.2) is 4.79 Å². The van der Waals surface area contributed by atoms with Gasteiger partial charge in [0.15, 0.2) is 0 Å². The highest BCUT2D eigenvalue weighted by Crippen LogP contribution is 2.20. The number of unbranched alkanes of at least 4 members (excludes halogenated alkanes) is 1. The largest absolute Gasteiger partial charge is 0.447 e. The van der Waals surface area contributed by atoms with Crippen molar-refractivity contribution in [1.82, 2.24) is 21.3 Å². The van der Waals surface area contributed by atoms with E-state index in [0.29, 0.717) is 32.5 Å². The Morgan fingerprint density at radius 3 is 2.17 bits per heavy atom. The molecule has 0 spiro atoms. The van der Waals surface area contributed by atoms with Crippen LogP contribution in [0.15, 0.2) is 42.5 Å². The Labute approximate surface area is 308 Å². The molecule has 292 valence electrons. The molecule has 0 aliphatic rings. The topological polar surface area (TPSA) is 185 Å². The van der Waals surface area contributed by atoms with Crippen LogP contribution in [0.4, 0.5) is 4.79 Å². The molecule has 2 rings (SSSR count). The van der Waals surface area contributed by atoms with Crippen molar-refractivity contribution >= 4 is 34.6 Å². The van der Waals surface area contributed by atoms with Gasteiger partial charge in [-0.05, 0) is 41.0 Å². The molecule has 0 fully saturated rings. The number of methoxy groups -OCH3 is 1. The Balaban J connectivity index is 2.25. The Morgan fingerprint density at radius 2 is 1.50 bits per heavy atom. The van der Waals surface area contributed by atoms with Gasteiger partial charge in [0.25, 0.3) is 0 Å². The average molecular weight is 731 g/mol. The van der Waals surface area contributed by atoms with Crippen LogP contribution in [-0.2, 0) is 35.0 Å². The van der Waals surface area contributed by atoms with E-state index in [0.717, 1.165) is 29.2 Å². The van der Waals surface area contributed by atoms with Crippen LogP contribution in [0.1, 0.15) is 78.7 Å². The summed E-state index contributed by atoms with van der Waals surface area (Å²) < 4.78 is 15.6. The first-order chi connectivity index (χ1) is 24.9. The van der Waals surface area contributed by atoms with E-state index < -0.39 is 54.1 Å². The van der Waals surface area contributed by atoms with Crippen LogP contribution in [0, 0.1) is 11.8 Å². The van der Waals surface area contributed by atoms with Crippen molar-refractivity contribution in [1.29, 1.82) is 0 Å². The number of hydrogen-bond acceptors (Lipinski definition) is 9. The molecule has 13 nitrogen and oxygen atoms in total. The van der Waals surface area contributed by atoms with Gasteiger partial charge in [-0.3, -0.25) is 14.4 Å². The molecule has 0 bridgehead atoms. The van der Waals surface area contributed by atoms with Gasteiger partial charge >= 0.3 is 6.09 Å². The molecule has 0 aromatic heterocycles. The number of carbonyl (C=O) groups is 4. The minimum atomic E-state index is -1.21. The maximum atomic E-state index is 14.0. The van der Waals surface area contributed by atoms with Gasteiger partial charge in [0, 0.05) is 13.5 Å². The van der Waals surface area contributed by atoms with E-state index in [4.69, 9.17) is 14.2 Å². The number of benzene rings is 2. The van der Waals surface area contributed by atoms with Crippen LogP contribution < -0.4 is 21.3 Å². The zero-order valence-electron chi connectivity index (χ0n) is 31.8. The van der Waals surface area contributed by atoms with E-state index in [1.165, 1.54) is 0 Å². The summed E-state index contributed by atoms with van der Waals surface area (Å²) in [5.74, 6) is -1.39. The van der Waals surface area contributed by atoms with E-state index in [-0.39, 0.29) is 44.5 Å². The van der Waals surface area contributed by atoms with Crippen LogP contribution in [0.2, 0.25) is 0 Å². The zero-order valence-corrected chi connectivity index (χ0v) is 31.8. The molecule has 2 aromatic rings. The predicted molar refractivity (Wildman–Crippen MR) is 201 cm³/mol. The lowest BCUT2D eigenvalue weighted by Gasteiger charge is -2.29. The van der Waals surface area contributed by atoms with Crippen molar-refractivity contribution in [2.45, 2.75) is 110 Å². The molecule has 52 heavy (non-hydrogen) atoms. The summed E-state index contributed by atoms with van der Waals surface area (Å²) in [7, 11) is 1.56. The monoisotopic (exact) mass is 730 g/mol. The van der Waals surface area contributed by atoms with Gasteiger partial charge in [-0.2, -0.15) is 0 Å².